The molecule has 13 nitrogen and oxygen atoms in total. The number of ether oxygens (including phenoxy) is 4. The number of esters is 2. The molecule has 2 aliphatic heterocycles. The van der Waals surface area contributed by atoms with Crippen LogP contribution < -0.4 is 0 Å². The van der Waals surface area contributed by atoms with Gasteiger partial charge < -0.3 is 33.7 Å². The Hall–Kier alpha value is -3.94. The van der Waals surface area contributed by atoms with Crippen molar-refractivity contribution < 1.29 is 57.9 Å². The van der Waals surface area contributed by atoms with Crippen LogP contribution in [0.25, 0.3) is 0 Å². The molecule has 2 N–H and O–H groups in total. The van der Waals surface area contributed by atoms with Crippen molar-refractivity contribution in [1.29, 1.82) is 0 Å². The SMILES string of the molecule is C=C1C(=O)[C@]23[C@H](OC(=O)CCC(=O)OCc4cn(C)c5c4C(=O)C(OC)=CC5=O)[C@H]1CC[C@H]2[C@@]12CO[C@@]3(O)[C@@H](O)[C@@H]1C(C)(C)CCC2=O. The van der Waals surface area contributed by atoms with E-state index in [0.29, 0.717) is 24.8 Å². The molecule has 48 heavy (non-hydrogen) atoms. The van der Waals surface area contributed by atoms with Gasteiger partial charge in [0.15, 0.2) is 11.5 Å². The minimum Gasteiger partial charge on any atom is -0.492 e. The van der Waals surface area contributed by atoms with Crippen LogP contribution in [0.1, 0.15) is 78.8 Å². The van der Waals surface area contributed by atoms with E-state index in [-0.39, 0.29) is 48.0 Å². The number of methoxy groups -OCH3 is 1. The van der Waals surface area contributed by atoms with Crippen molar-refractivity contribution in [3.8, 4) is 0 Å². The number of rotatable bonds is 7. The summed E-state index contributed by atoms with van der Waals surface area (Å²) in [6.45, 7) is 7.39. The summed E-state index contributed by atoms with van der Waals surface area (Å²) in [5, 5.41) is 24.1. The molecule has 0 amide bonds. The average Bonchev–Trinajstić information content (AvgIpc) is 3.43. The summed E-state index contributed by atoms with van der Waals surface area (Å²) < 4.78 is 23.8. The number of aliphatic hydroxyl groups excluding tert-OH is 1. The number of nitrogens with zero attached hydrogens (tertiary/aromatic N) is 1. The van der Waals surface area contributed by atoms with Crippen molar-refractivity contribution in [3.63, 3.8) is 0 Å². The summed E-state index contributed by atoms with van der Waals surface area (Å²) >= 11 is 0. The lowest BCUT2D eigenvalue weighted by Gasteiger charge is -2.72. The molecule has 0 radical (unpaired) electrons. The third-order valence-electron chi connectivity index (χ3n) is 12.2. The fraction of sp³-hybridized carbons (Fsp3) is 0.600. The Balaban J connectivity index is 1.09. The van der Waals surface area contributed by atoms with E-state index in [0.717, 1.165) is 6.08 Å². The number of ketones is 4. The number of carbonyl (C=O) groups excluding carboxylic acids is 6. The van der Waals surface area contributed by atoms with E-state index in [2.05, 4.69) is 6.58 Å². The fourth-order valence-electron chi connectivity index (χ4n) is 10.3. The van der Waals surface area contributed by atoms with E-state index in [1.165, 1.54) is 17.9 Å². The minimum absolute atomic E-state index is 0.0752. The van der Waals surface area contributed by atoms with Gasteiger partial charge in [-0.1, -0.05) is 20.4 Å². The predicted octanol–water partition coefficient (Wildman–Crippen LogP) is 1.91. The second-order valence-electron chi connectivity index (χ2n) is 14.8. The molecule has 4 saturated carbocycles. The molecule has 1 aromatic rings. The molecule has 2 spiro atoms. The van der Waals surface area contributed by atoms with E-state index < -0.39 is 94.1 Å². The molecular weight excluding hydrogens is 626 g/mol. The molecule has 0 aromatic carbocycles. The van der Waals surface area contributed by atoms with Crippen molar-refractivity contribution >= 4 is 35.1 Å². The minimum atomic E-state index is -2.43. The van der Waals surface area contributed by atoms with Crippen LogP contribution in [0.2, 0.25) is 0 Å². The molecule has 0 unspecified atom stereocenters. The van der Waals surface area contributed by atoms with E-state index in [1.54, 1.807) is 7.05 Å². The predicted molar refractivity (Wildman–Crippen MR) is 162 cm³/mol. The summed E-state index contributed by atoms with van der Waals surface area (Å²) in [5.41, 5.74) is -3.08. The first-order valence-electron chi connectivity index (χ1n) is 16.3. The number of allylic oxidation sites excluding steroid dienone is 2. The number of hydrogen-bond acceptors (Lipinski definition) is 12. The summed E-state index contributed by atoms with van der Waals surface area (Å²) in [6.07, 6.45) is 0.399. The smallest absolute Gasteiger partial charge is 0.306 e. The first-order valence-corrected chi connectivity index (χ1v) is 16.3. The van der Waals surface area contributed by atoms with Crippen LogP contribution in [0.3, 0.4) is 0 Å². The second kappa shape index (κ2) is 10.5. The van der Waals surface area contributed by atoms with Crippen LogP contribution in [-0.2, 0) is 51.8 Å². The molecule has 3 heterocycles. The molecule has 256 valence electrons. The van der Waals surface area contributed by atoms with Gasteiger partial charge in [0.25, 0.3) is 0 Å². The Morgan fingerprint density at radius 3 is 2.54 bits per heavy atom. The van der Waals surface area contributed by atoms with Gasteiger partial charge in [-0.05, 0) is 36.2 Å². The third kappa shape index (κ3) is 3.89. The van der Waals surface area contributed by atoms with Crippen molar-refractivity contribution in [2.24, 2.45) is 41.0 Å². The van der Waals surface area contributed by atoms with Gasteiger partial charge in [0.2, 0.25) is 17.4 Å². The van der Waals surface area contributed by atoms with Crippen molar-refractivity contribution in [2.75, 3.05) is 13.7 Å². The summed E-state index contributed by atoms with van der Waals surface area (Å²) in [5.74, 6) is -7.93. The van der Waals surface area contributed by atoms with Crippen molar-refractivity contribution in [3.05, 3.63) is 47.0 Å². The molecule has 4 bridgehead atoms. The first-order chi connectivity index (χ1) is 22.6. The highest BCUT2D eigenvalue weighted by Gasteiger charge is 2.88. The topological polar surface area (TPSA) is 185 Å². The normalized spacial score (nSPS) is 37.4. The quantitative estimate of drug-likeness (QED) is 0.319. The van der Waals surface area contributed by atoms with Crippen LogP contribution in [0, 0.1) is 34.0 Å². The zero-order chi connectivity index (χ0) is 34.7. The Bertz CT molecular complexity index is 1750. The van der Waals surface area contributed by atoms with Gasteiger partial charge in [-0.25, -0.2) is 0 Å². The maximum absolute atomic E-state index is 14.2. The van der Waals surface area contributed by atoms with Gasteiger partial charge in [0.05, 0.1) is 37.5 Å². The average molecular weight is 666 g/mol. The molecule has 1 aromatic heterocycles. The molecule has 8 atom stereocenters. The van der Waals surface area contributed by atoms with Crippen molar-refractivity contribution in [1.82, 2.24) is 4.57 Å². The highest BCUT2D eigenvalue weighted by atomic mass is 16.6. The lowest BCUT2D eigenvalue weighted by atomic mass is 9.36. The van der Waals surface area contributed by atoms with Gasteiger partial charge in [-0.3, -0.25) is 28.8 Å². The number of Topliss-reactive ketones (excluding diaryl/α,β-unsaturated/α-hetero) is 3. The van der Waals surface area contributed by atoms with E-state index in [1.807, 2.05) is 13.8 Å². The zero-order valence-corrected chi connectivity index (χ0v) is 27.3. The summed E-state index contributed by atoms with van der Waals surface area (Å²) in [6, 6.07) is 0. The Morgan fingerprint density at radius 2 is 1.83 bits per heavy atom. The fourth-order valence-corrected chi connectivity index (χ4v) is 10.3. The molecule has 7 aliphatic rings. The monoisotopic (exact) mass is 665 g/mol. The van der Waals surface area contributed by atoms with E-state index in [4.69, 9.17) is 18.9 Å². The van der Waals surface area contributed by atoms with Gasteiger partial charge >= 0.3 is 11.9 Å². The lowest BCUT2D eigenvalue weighted by molar-refractivity contribution is -0.437. The van der Waals surface area contributed by atoms with E-state index >= 15 is 0 Å². The highest BCUT2D eigenvalue weighted by molar-refractivity contribution is 6.23. The Kier molecular flexibility index (Phi) is 7.15. The second-order valence-corrected chi connectivity index (χ2v) is 14.8. The molecule has 13 heteroatoms. The van der Waals surface area contributed by atoms with Crippen LogP contribution in [0.15, 0.2) is 30.2 Å². The standard InChI is InChI=1S/C35H39NO12/c1-16-18-6-7-21-33-15-47-35(44,30(43)28(33)32(2,3)11-10-22(33)38)34(21,29(16)42)31(18)48-24(40)9-8-23(39)46-14-17-13-36(4)26-19(37)12-20(45-5)27(41)25(17)26/h12-13,18,21,28,30-31,43-44H,1,6-11,14-15H2,2-5H3/t18-,21-,28+,30-,31+,33+,34-,35-/m0/s1. The van der Waals surface area contributed by atoms with Gasteiger partial charge in [-0.15, -0.1) is 0 Å². The zero-order valence-electron chi connectivity index (χ0n) is 27.3. The number of aliphatic hydroxyl groups is 2. The molecule has 8 rings (SSSR count). The van der Waals surface area contributed by atoms with Gasteiger partial charge in [0.1, 0.15) is 35.7 Å². The maximum Gasteiger partial charge on any atom is 0.306 e. The maximum atomic E-state index is 14.2. The third-order valence-corrected chi connectivity index (χ3v) is 12.2. The largest absolute Gasteiger partial charge is 0.492 e. The molecule has 2 saturated heterocycles. The number of carbonyl (C=O) groups is 6. The lowest BCUT2D eigenvalue weighted by Crippen LogP contribution is -2.85. The van der Waals surface area contributed by atoms with Crippen LogP contribution >= 0.6 is 0 Å². The highest BCUT2D eigenvalue weighted by Crippen LogP contribution is 2.76. The number of fused-ring (bicyclic) bond motifs is 3. The van der Waals surface area contributed by atoms with Gasteiger partial charge in [-0.2, -0.15) is 0 Å². The first kappa shape index (κ1) is 32.6. The molecular formula is C35H39NO12. The molecule has 6 fully saturated rings. The molecule has 5 aliphatic carbocycles. The number of aromatic nitrogens is 1. The van der Waals surface area contributed by atoms with Crippen LogP contribution in [-0.4, -0.2) is 81.6 Å². The number of aryl methyl sites for hydroxylation is 1. The van der Waals surface area contributed by atoms with Crippen LogP contribution in [0.4, 0.5) is 0 Å². The number of hydrogen-bond donors (Lipinski definition) is 2. The Labute approximate surface area is 276 Å². The van der Waals surface area contributed by atoms with Crippen molar-refractivity contribution in [2.45, 2.75) is 77.0 Å². The van der Waals surface area contributed by atoms with E-state index in [9.17, 15) is 39.0 Å². The van der Waals surface area contributed by atoms with Gasteiger partial charge in [0, 0.05) is 43.1 Å². The Morgan fingerprint density at radius 1 is 1.12 bits per heavy atom. The summed E-state index contributed by atoms with van der Waals surface area (Å²) in [4.78, 5) is 79.5. The van der Waals surface area contributed by atoms with Crippen LogP contribution in [0.5, 0.6) is 0 Å². The summed E-state index contributed by atoms with van der Waals surface area (Å²) in [7, 11) is 2.86.